The van der Waals surface area contributed by atoms with E-state index in [1.54, 1.807) is 25.3 Å². The molecule has 1 aliphatic heterocycles. The maximum Gasteiger partial charge on any atom is 0.257 e. The highest BCUT2D eigenvalue weighted by atomic mass is 16.5. The van der Waals surface area contributed by atoms with Crippen molar-refractivity contribution in [1.29, 1.82) is 0 Å². The molecule has 1 saturated heterocycles. The van der Waals surface area contributed by atoms with Gasteiger partial charge in [0.25, 0.3) is 5.91 Å². The first kappa shape index (κ1) is 14.7. The third kappa shape index (κ3) is 3.04. The van der Waals surface area contributed by atoms with E-state index in [0.29, 0.717) is 30.2 Å². The lowest BCUT2D eigenvalue weighted by molar-refractivity contribution is 0.0267. The number of carbonyl (C=O) groups excluding carboxylic acids is 1. The zero-order valence-corrected chi connectivity index (χ0v) is 12.1. The third-order valence-corrected chi connectivity index (χ3v) is 3.56. The molecule has 0 aromatic heterocycles. The van der Waals surface area contributed by atoms with Gasteiger partial charge in [0.1, 0.15) is 0 Å². The second-order valence-electron chi connectivity index (χ2n) is 4.91. The van der Waals surface area contributed by atoms with Crippen LogP contribution in [0.25, 0.3) is 0 Å². The molecule has 0 bridgehead atoms. The van der Waals surface area contributed by atoms with Crippen molar-refractivity contribution < 1.29 is 14.3 Å². The lowest BCUT2D eigenvalue weighted by atomic mass is 10.1. The molecule has 2 N–H and O–H groups in total. The van der Waals surface area contributed by atoms with E-state index in [4.69, 9.17) is 15.2 Å². The average Bonchev–Trinajstić information content (AvgIpc) is 2.49. The molecule has 0 spiro atoms. The minimum Gasteiger partial charge on any atom is -0.491 e. The molecular weight excluding hydrogens is 256 g/mol. The summed E-state index contributed by atoms with van der Waals surface area (Å²) in [5.41, 5.74) is 6.94. The van der Waals surface area contributed by atoms with Gasteiger partial charge < -0.3 is 20.1 Å². The van der Waals surface area contributed by atoms with Crippen LogP contribution in [0.5, 0.6) is 5.75 Å². The number of carbonyl (C=O) groups is 1. The van der Waals surface area contributed by atoms with Crippen LogP contribution >= 0.6 is 0 Å². The minimum absolute atomic E-state index is 0.0394. The summed E-state index contributed by atoms with van der Waals surface area (Å²) in [6.45, 7) is 3.73. The van der Waals surface area contributed by atoms with E-state index < -0.39 is 0 Å². The number of amides is 1. The predicted molar refractivity (Wildman–Crippen MR) is 78.0 cm³/mol. The number of benzene rings is 1. The summed E-state index contributed by atoms with van der Waals surface area (Å²) in [7, 11) is 1.69. The standard InChI is InChI=1S/C15H22N2O3/c1-3-20-14-12(7-4-8-13(14)16)15(18)17-9-5-6-11(10-17)19-2/h4,7-8,11H,3,5-6,9-10,16H2,1-2H3. The van der Waals surface area contributed by atoms with Crippen molar-refractivity contribution in [3.8, 4) is 5.75 Å². The van der Waals surface area contributed by atoms with Crippen molar-refractivity contribution in [2.45, 2.75) is 25.9 Å². The van der Waals surface area contributed by atoms with Crippen LogP contribution in [-0.4, -0.2) is 43.7 Å². The van der Waals surface area contributed by atoms with E-state index in [-0.39, 0.29) is 12.0 Å². The second kappa shape index (κ2) is 6.61. The number of rotatable bonds is 4. The first-order valence-corrected chi connectivity index (χ1v) is 7.00. The summed E-state index contributed by atoms with van der Waals surface area (Å²) in [6, 6.07) is 5.29. The minimum atomic E-state index is -0.0394. The summed E-state index contributed by atoms with van der Waals surface area (Å²) in [4.78, 5) is 14.5. The van der Waals surface area contributed by atoms with Crippen LogP contribution in [-0.2, 0) is 4.74 Å². The largest absolute Gasteiger partial charge is 0.491 e. The first-order chi connectivity index (χ1) is 9.67. The maximum atomic E-state index is 12.6. The number of hydrogen-bond donors (Lipinski definition) is 1. The van der Waals surface area contributed by atoms with Gasteiger partial charge in [-0.05, 0) is 31.9 Å². The van der Waals surface area contributed by atoms with Gasteiger partial charge in [-0.3, -0.25) is 4.79 Å². The Morgan fingerprint density at radius 2 is 2.30 bits per heavy atom. The molecular formula is C15H22N2O3. The van der Waals surface area contributed by atoms with E-state index in [9.17, 15) is 4.79 Å². The zero-order valence-electron chi connectivity index (χ0n) is 12.1. The number of nitrogens with two attached hydrogens (primary N) is 1. The highest BCUT2D eigenvalue weighted by Crippen LogP contribution is 2.28. The molecule has 0 radical (unpaired) electrons. The molecule has 5 heteroatoms. The van der Waals surface area contributed by atoms with Crippen LogP contribution in [0, 0.1) is 0 Å². The lowest BCUT2D eigenvalue weighted by Gasteiger charge is -2.32. The number of piperidine rings is 1. The molecule has 1 atom stereocenters. The molecule has 5 nitrogen and oxygen atoms in total. The molecule has 1 amide bonds. The van der Waals surface area contributed by atoms with Crippen molar-refractivity contribution in [2.24, 2.45) is 0 Å². The summed E-state index contributed by atoms with van der Waals surface area (Å²) in [6.07, 6.45) is 2.07. The van der Waals surface area contributed by atoms with Crippen molar-refractivity contribution in [1.82, 2.24) is 4.90 Å². The SMILES string of the molecule is CCOc1c(N)cccc1C(=O)N1CCCC(OC)C1. The smallest absolute Gasteiger partial charge is 0.257 e. The molecule has 1 aliphatic rings. The molecule has 1 unspecified atom stereocenters. The summed E-state index contributed by atoms with van der Waals surface area (Å²) in [5.74, 6) is 0.446. The van der Waals surface area contributed by atoms with Gasteiger partial charge in [-0.2, -0.15) is 0 Å². The van der Waals surface area contributed by atoms with Crippen LogP contribution in [0.2, 0.25) is 0 Å². The van der Waals surface area contributed by atoms with Crippen molar-refractivity contribution >= 4 is 11.6 Å². The summed E-state index contributed by atoms with van der Waals surface area (Å²) in [5, 5.41) is 0. The van der Waals surface area contributed by atoms with Gasteiger partial charge in [-0.1, -0.05) is 6.07 Å². The fourth-order valence-corrected chi connectivity index (χ4v) is 2.51. The molecule has 1 aromatic rings. The molecule has 2 rings (SSSR count). The molecule has 1 heterocycles. The first-order valence-electron chi connectivity index (χ1n) is 7.00. The Morgan fingerprint density at radius 1 is 1.50 bits per heavy atom. The normalized spacial score (nSPS) is 18.9. The summed E-state index contributed by atoms with van der Waals surface area (Å²) < 4.78 is 10.9. The van der Waals surface area contributed by atoms with Gasteiger partial charge in [-0.25, -0.2) is 0 Å². The van der Waals surface area contributed by atoms with Gasteiger partial charge in [0.15, 0.2) is 5.75 Å². The van der Waals surface area contributed by atoms with Crippen LogP contribution in [0.4, 0.5) is 5.69 Å². The van der Waals surface area contributed by atoms with Gasteiger partial charge in [0.2, 0.25) is 0 Å². The number of likely N-dealkylation sites (tertiary alicyclic amines) is 1. The number of nitrogens with zero attached hydrogens (tertiary/aromatic N) is 1. The highest BCUT2D eigenvalue weighted by molar-refractivity contribution is 5.98. The number of anilines is 1. The average molecular weight is 278 g/mol. The third-order valence-electron chi connectivity index (χ3n) is 3.56. The number of ether oxygens (including phenoxy) is 2. The van der Waals surface area contributed by atoms with Crippen LogP contribution in [0.1, 0.15) is 30.1 Å². The molecule has 110 valence electrons. The monoisotopic (exact) mass is 278 g/mol. The number of nitrogen functional groups attached to an aromatic ring is 1. The fraction of sp³-hybridized carbons (Fsp3) is 0.533. The Kier molecular flexibility index (Phi) is 4.84. The molecule has 20 heavy (non-hydrogen) atoms. The topological polar surface area (TPSA) is 64.8 Å². The zero-order chi connectivity index (χ0) is 14.5. The molecule has 1 fully saturated rings. The predicted octanol–water partition coefficient (Wildman–Crippen LogP) is 1.92. The lowest BCUT2D eigenvalue weighted by Crippen LogP contribution is -2.43. The van der Waals surface area contributed by atoms with E-state index in [1.807, 2.05) is 11.8 Å². The Bertz CT molecular complexity index is 476. The van der Waals surface area contributed by atoms with E-state index in [2.05, 4.69) is 0 Å². The Morgan fingerprint density at radius 3 is 3.00 bits per heavy atom. The van der Waals surface area contributed by atoms with Gasteiger partial charge >= 0.3 is 0 Å². The number of para-hydroxylation sites is 1. The second-order valence-corrected chi connectivity index (χ2v) is 4.91. The molecule has 0 aliphatic carbocycles. The Hall–Kier alpha value is -1.75. The fourth-order valence-electron chi connectivity index (χ4n) is 2.51. The molecule has 0 saturated carbocycles. The van der Waals surface area contributed by atoms with Crippen molar-refractivity contribution in [2.75, 3.05) is 32.5 Å². The van der Waals surface area contributed by atoms with Crippen LogP contribution in [0.15, 0.2) is 18.2 Å². The maximum absolute atomic E-state index is 12.6. The highest BCUT2D eigenvalue weighted by Gasteiger charge is 2.26. The van der Waals surface area contributed by atoms with E-state index in [0.717, 1.165) is 19.4 Å². The Labute approximate surface area is 119 Å². The van der Waals surface area contributed by atoms with Crippen LogP contribution in [0.3, 0.4) is 0 Å². The van der Waals surface area contributed by atoms with Gasteiger partial charge in [-0.15, -0.1) is 0 Å². The molecule has 1 aromatic carbocycles. The number of hydrogen-bond acceptors (Lipinski definition) is 4. The Balaban J connectivity index is 2.22. The van der Waals surface area contributed by atoms with E-state index >= 15 is 0 Å². The van der Waals surface area contributed by atoms with Gasteiger partial charge in [0.05, 0.1) is 24.0 Å². The van der Waals surface area contributed by atoms with Gasteiger partial charge in [0, 0.05) is 20.2 Å². The van der Waals surface area contributed by atoms with Crippen molar-refractivity contribution in [3.63, 3.8) is 0 Å². The van der Waals surface area contributed by atoms with Crippen LogP contribution < -0.4 is 10.5 Å². The number of methoxy groups -OCH3 is 1. The quantitative estimate of drug-likeness (QED) is 0.855. The van der Waals surface area contributed by atoms with Crippen molar-refractivity contribution in [3.05, 3.63) is 23.8 Å². The summed E-state index contributed by atoms with van der Waals surface area (Å²) >= 11 is 0. The van der Waals surface area contributed by atoms with E-state index in [1.165, 1.54) is 0 Å².